The highest BCUT2D eigenvalue weighted by Gasteiger charge is 2.18. The van der Waals surface area contributed by atoms with E-state index in [0.717, 1.165) is 25.1 Å². The van der Waals surface area contributed by atoms with Crippen LogP contribution >= 0.6 is 0 Å². The largest absolute Gasteiger partial charge is 0.365 e. The number of anilines is 2. The Morgan fingerprint density at radius 3 is 2.68 bits per heavy atom. The van der Waals surface area contributed by atoms with Crippen LogP contribution < -0.4 is 10.2 Å². The summed E-state index contributed by atoms with van der Waals surface area (Å²) >= 11 is 0. The molecule has 0 atom stereocenters. The number of benzene rings is 2. The van der Waals surface area contributed by atoms with Crippen LogP contribution in [0.2, 0.25) is 0 Å². The van der Waals surface area contributed by atoms with Gasteiger partial charge in [-0.25, -0.2) is 4.39 Å². The number of rotatable bonds is 4. The summed E-state index contributed by atoms with van der Waals surface area (Å²) in [4.78, 5) is 6.71. The molecular weight excluding hydrogens is 317 g/mol. The van der Waals surface area contributed by atoms with Crippen molar-refractivity contribution in [2.45, 2.75) is 19.5 Å². The number of hydrogen-bond donors (Lipinski definition) is 1. The first-order chi connectivity index (χ1) is 12.3. The van der Waals surface area contributed by atoms with E-state index in [4.69, 9.17) is 0 Å². The Morgan fingerprint density at radius 2 is 1.84 bits per heavy atom. The number of hydrogen-bond acceptors (Lipinski definition) is 5. The molecule has 0 unspecified atom stereocenters. The van der Waals surface area contributed by atoms with Gasteiger partial charge >= 0.3 is 0 Å². The van der Waals surface area contributed by atoms with E-state index in [9.17, 15) is 4.39 Å². The lowest BCUT2D eigenvalue weighted by Crippen LogP contribution is -2.32. The summed E-state index contributed by atoms with van der Waals surface area (Å²) in [5.74, 6) is 1.05. The third kappa shape index (κ3) is 3.57. The molecule has 0 saturated carbocycles. The highest BCUT2D eigenvalue weighted by Crippen LogP contribution is 2.22. The van der Waals surface area contributed by atoms with Crippen LogP contribution in [0.3, 0.4) is 0 Å². The van der Waals surface area contributed by atoms with Crippen molar-refractivity contribution >= 4 is 11.8 Å². The van der Waals surface area contributed by atoms with Gasteiger partial charge in [-0.05, 0) is 35.2 Å². The van der Waals surface area contributed by atoms with E-state index < -0.39 is 0 Å². The van der Waals surface area contributed by atoms with Crippen molar-refractivity contribution < 1.29 is 4.39 Å². The number of nitrogens with zero attached hydrogens (tertiary/aromatic N) is 4. The quantitative estimate of drug-likeness (QED) is 0.793. The van der Waals surface area contributed by atoms with Gasteiger partial charge in [0.15, 0.2) is 5.82 Å². The van der Waals surface area contributed by atoms with Crippen molar-refractivity contribution in [3.8, 4) is 0 Å². The molecule has 1 aliphatic heterocycles. The molecule has 0 spiro atoms. The molecular formula is C19H18FN5. The van der Waals surface area contributed by atoms with E-state index in [0.29, 0.717) is 18.3 Å². The lowest BCUT2D eigenvalue weighted by molar-refractivity contribution is 0.627. The zero-order valence-corrected chi connectivity index (χ0v) is 13.7. The first-order valence-electron chi connectivity index (χ1n) is 8.28. The minimum atomic E-state index is -0.236. The Morgan fingerprint density at radius 1 is 1.04 bits per heavy atom. The van der Waals surface area contributed by atoms with Gasteiger partial charge in [-0.2, -0.15) is 10.1 Å². The summed E-state index contributed by atoms with van der Waals surface area (Å²) in [6.45, 7) is 2.22. The van der Waals surface area contributed by atoms with Crippen LogP contribution in [0.15, 0.2) is 54.7 Å². The molecule has 0 fully saturated rings. The van der Waals surface area contributed by atoms with E-state index >= 15 is 0 Å². The summed E-state index contributed by atoms with van der Waals surface area (Å²) < 4.78 is 13.0. The highest BCUT2D eigenvalue weighted by molar-refractivity contribution is 5.43. The fourth-order valence-electron chi connectivity index (χ4n) is 2.97. The number of fused-ring (bicyclic) bond motifs is 1. The van der Waals surface area contributed by atoms with Crippen LogP contribution in [0.4, 0.5) is 16.2 Å². The Labute approximate surface area is 145 Å². The number of nitrogens with one attached hydrogen (secondary N) is 1. The molecule has 0 bridgehead atoms. The molecule has 1 aliphatic rings. The van der Waals surface area contributed by atoms with Gasteiger partial charge in [-0.15, -0.1) is 5.10 Å². The fraction of sp³-hybridized carbons (Fsp3) is 0.211. The van der Waals surface area contributed by atoms with Gasteiger partial charge in [0.2, 0.25) is 5.95 Å². The zero-order valence-electron chi connectivity index (χ0n) is 13.7. The van der Waals surface area contributed by atoms with E-state index in [1.807, 2.05) is 0 Å². The van der Waals surface area contributed by atoms with Gasteiger partial charge in [0, 0.05) is 19.6 Å². The monoisotopic (exact) mass is 335 g/mol. The van der Waals surface area contributed by atoms with Crippen LogP contribution in [0.5, 0.6) is 0 Å². The molecule has 2 aromatic carbocycles. The summed E-state index contributed by atoms with van der Waals surface area (Å²) in [6, 6.07) is 14.9. The van der Waals surface area contributed by atoms with Crippen molar-refractivity contribution in [3.05, 3.63) is 77.2 Å². The van der Waals surface area contributed by atoms with Gasteiger partial charge in [0.25, 0.3) is 0 Å². The number of halogens is 1. The summed E-state index contributed by atoms with van der Waals surface area (Å²) in [6.07, 6.45) is 2.58. The van der Waals surface area contributed by atoms with Gasteiger partial charge in [0.1, 0.15) is 5.82 Å². The Hall–Kier alpha value is -3.02. The molecule has 1 N–H and O–H groups in total. The molecule has 126 valence electrons. The van der Waals surface area contributed by atoms with Gasteiger partial charge < -0.3 is 10.2 Å². The number of aromatic nitrogens is 3. The minimum absolute atomic E-state index is 0.236. The molecule has 1 aromatic heterocycles. The van der Waals surface area contributed by atoms with Crippen LogP contribution in [-0.2, 0) is 19.5 Å². The van der Waals surface area contributed by atoms with E-state index in [1.165, 1.54) is 23.3 Å². The molecule has 0 aliphatic carbocycles. The maximum Gasteiger partial charge on any atom is 0.247 e. The smallest absolute Gasteiger partial charge is 0.247 e. The average molecular weight is 335 g/mol. The van der Waals surface area contributed by atoms with Gasteiger partial charge in [0.05, 0.1) is 6.20 Å². The van der Waals surface area contributed by atoms with Crippen LogP contribution in [0, 0.1) is 5.82 Å². The van der Waals surface area contributed by atoms with Crippen molar-refractivity contribution in [2.24, 2.45) is 0 Å². The fourth-order valence-corrected chi connectivity index (χ4v) is 2.97. The second-order valence-corrected chi connectivity index (χ2v) is 6.06. The normalized spacial score (nSPS) is 13.4. The summed E-state index contributed by atoms with van der Waals surface area (Å²) in [5.41, 5.74) is 3.67. The van der Waals surface area contributed by atoms with Crippen molar-refractivity contribution in [1.29, 1.82) is 0 Å². The third-order valence-corrected chi connectivity index (χ3v) is 4.35. The van der Waals surface area contributed by atoms with Crippen LogP contribution in [0.25, 0.3) is 0 Å². The zero-order chi connectivity index (χ0) is 17.1. The van der Waals surface area contributed by atoms with E-state index in [1.54, 1.807) is 18.3 Å². The van der Waals surface area contributed by atoms with E-state index in [2.05, 4.69) is 49.7 Å². The first-order valence-corrected chi connectivity index (χ1v) is 8.28. The molecule has 4 rings (SSSR count). The van der Waals surface area contributed by atoms with Crippen molar-refractivity contribution in [3.63, 3.8) is 0 Å². The van der Waals surface area contributed by atoms with Crippen LogP contribution in [0.1, 0.15) is 16.7 Å². The highest BCUT2D eigenvalue weighted by atomic mass is 19.1. The van der Waals surface area contributed by atoms with Gasteiger partial charge in [-0.3, -0.25) is 0 Å². The lowest BCUT2D eigenvalue weighted by atomic mass is 10.0. The Balaban J connectivity index is 1.45. The molecule has 3 aromatic rings. The molecule has 5 nitrogen and oxygen atoms in total. The van der Waals surface area contributed by atoms with Crippen molar-refractivity contribution in [2.75, 3.05) is 16.8 Å². The maximum atomic E-state index is 13.0. The minimum Gasteiger partial charge on any atom is -0.365 e. The predicted octanol–water partition coefficient (Wildman–Crippen LogP) is 3.19. The second-order valence-electron chi connectivity index (χ2n) is 6.06. The molecule has 0 saturated heterocycles. The first kappa shape index (κ1) is 15.5. The van der Waals surface area contributed by atoms with Crippen molar-refractivity contribution in [1.82, 2.24) is 15.2 Å². The molecule has 0 radical (unpaired) electrons. The second kappa shape index (κ2) is 6.84. The topological polar surface area (TPSA) is 53.9 Å². The van der Waals surface area contributed by atoms with E-state index in [-0.39, 0.29) is 5.82 Å². The standard InChI is InChI=1S/C19H18FN5/c20-17-7-5-14(6-8-17)11-21-18-12-22-24-19(23-18)25-10-9-15-3-1-2-4-16(15)13-25/h1-8,12H,9-11,13H2,(H,21,23,24). The average Bonchev–Trinajstić information content (AvgIpc) is 2.67. The Kier molecular flexibility index (Phi) is 4.24. The molecule has 25 heavy (non-hydrogen) atoms. The summed E-state index contributed by atoms with van der Waals surface area (Å²) in [5, 5.41) is 11.5. The lowest BCUT2D eigenvalue weighted by Gasteiger charge is -2.28. The summed E-state index contributed by atoms with van der Waals surface area (Å²) in [7, 11) is 0. The SMILES string of the molecule is Fc1ccc(CNc2cnnc(N3CCc4ccccc4C3)n2)cc1. The Bertz CT molecular complexity index is 866. The molecule has 2 heterocycles. The molecule has 6 heteroatoms. The third-order valence-electron chi connectivity index (χ3n) is 4.35. The van der Waals surface area contributed by atoms with Gasteiger partial charge in [-0.1, -0.05) is 36.4 Å². The molecule has 0 amide bonds. The predicted molar refractivity (Wildman–Crippen MR) is 94.7 cm³/mol. The maximum absolute atomic E-state index is 13.0. The van der Waals surface area contributed by atoms with Crippen LogP contribution in [-0.4, -0.2) is 21.7 Å².